The van der Waals surface area contributed by atoms with Crippen molar-refractivity contribution in [1.29, 1.82) is 0 Å². The highest BCUT2D eigenvalue weighted by Gasteiger charge is 2.19. The van der Waals surface area contributed by atoms with Crippen molar-refractivity contribution >= 4 is 0 Å². The Balaban J connectivity index is 1.88. The van der Waals surface area contributed by atoms with Crippen LogP contribution in [0.3, 0.4) is 0 Å². The molecule has 19 heavy (non-hydrogen) atoms. The van der Waals surface area contributed by atoms with Crippen LogP contribution >= 0.6 is 0 Å². The van der Waals surface area contributed by atoms with E-state index < -0.39 is 0 Å². The Hall–Kier alpha value is -2.01. The van der Waals surface area contributed by atoms with Gasteiger partial charge in [0.1, 0.15) is 6.10 Å². The molecule has 2 heterocycles. The summed E-state index contributed by atoms with van der Waals surface area (Å²) in [6, 6.07) is 7.66. The second-order valence-corrected chi connectivity index (χ2v) is 4.39. The molecular weight excluding hydrogens is 244 g/mol. The molecule has 5 nitrogen and oxygen atoms in total. The minimum absolute atomic E-state index is 0.0989. The van der Waals surface area contributed by atoms with E-state index in [1.807, 2.05) is 30.5 Å². The molecule has 3 rings (SSSR count). The molecule has 0 spiro atoms. The summed E-state index contributed by atoms with van der Waals surface area (Å²) in [4.78, 5) is 0. The molecule has 100 valence electrons. The quantitative estimate of drug-likeness (QED) is 0.844. The Morgan fingerprint density at radius 1 is 1.37 bits per heavy atom. The first kappa shape index (κ1) is 12.0. The van der Waals surface area contributed by atoms with E-state index in [0.29, 0.717) is 6.61 Å². The summed E-state index contributed by atoms with van der Waals surface area (Å²) in [6.45, 7) is 1.39. The Morgan fingerprint density at radius 3 is 3.00 bits per heavy atom. The summed E-state index contributed by atoms with van der Waals surface area (Å²) >= 11 is 0. The Bertz CT molecular complexity index is 534. The van der Waals surface area contributed by atoms with Gasteiger partial charge in [-0.2, -0.15) is 5.10 Å². The standard InChI is InChI=1S/C14H16N2O3/c1-17-13-4-3-11(16-7-2-6-15-16)9-14(13)19-12-5-8-18-10-12/h2-4,6-7,9,12H,5,8,10H2,1H3/t12-/m1/s1. The fourth-order valence-electron chi connectivity index (χ4n) is 2.11. The second-order valence-electron chi connectivity index (χ2n) is 4.39. The van der Waals surface area contributed by atoms with Gasteiger partial charge >= 0.3 is 0 Å². The van der Waals surface area contributed by atoms with Crippen LogP contribution in [0, 0.1) is 0 Å². The number of ether oxygens (including phenoxy) is 3. The smallest absolute Gasteiger partial charge is 0.163 e. The van der Waals surface area contributed by atoms with Crippen molar-refractivity contribution in [3.63, 3.8) is 0 Å². The topological polar surface area (TPSA) is 45.5 Å². The highest BCUT2D eigenvalue weighted by molar-refractivity contribution is 5.48. The average molecular weight is 260 g/mol. The largest absolute Gasteiger partial charge is 0.493 e. The molecule has 1 aliphatic rings. The van der Waals surface area contributed by atoms with Crippen LogP contribution in [0.25, 0.3) is 5.69 Å². The molecule has 2 aromatic rings. The first-order valence-electron chi connectivity index (χ1n) is 6.29. The van der Waals surface area contributed by atoms with Crippen molar-refractivity contribution in [2.45, 2.75) is 12.5 Å². The molecule has 0 bridgehead atoms. The van der Waals surface area contributed by atoms with Gasteiger partial charge in [0.05, 0.1) is 26.0 Å². The number of nitrogens with zero attached hydrogens (tertiary/aromatic N) is 2. The van der Waals surface area contributed by atoms with Gasteiger partial charge < -0.3 is 14.2 Å². The summed E-state index contributed by atoms with van der Waals surface area (Å²) in [5.74, 6) is 1.45. The molecule has 0 N–H and O–H groups in total. The Morgan fingerprint density at radius 2 is 2.32 bits per heavy atom. The zero-order valence-corrected chi connectivity index (χ0v) is 10.8. The van der Waals surface area contributed by atoms with Gasteiger partial charge in [0.2, 0.25) is 0 Å². The van der Waals surface area contributed by atoms with Crippen LogP contribution in [0.2, 0.25) is 0 Å². The van der Waals surface area contributed by atoms with E-state index in [1.165, 1.54) is 0 Å². The molecule has 0 radical (unpaired) electrons. The molecule has 0 unspecified atom stereocenters. The summed E-state index contributed by atoms with van der Waals surface area (Å²) in [5, 5.41) is 4.21. The van der Waals surface area contributed by atoms with E-state index in [0.717, 1.165) is 30.2 Å². The zero-order chi connectivity index (χ0) is 13.1. The number of hydrogen-bond donors (Lipinski definition) is 0. The van der Waals surface area contributed by atoms with Crippen LogP contribution in [0.5, 0.6) is 11.5 Å². The summed E-state index contributed by atoms with van der Waals surface area (Å²) in [7, 11) is 1.64. The first-order chi connectivity index (χ1) is 9.36. The molecule has 1 aromatic carbocycles. The van der Waals surface area contributed by atoms with Gasteiger partial charge in [-0.25, -0.2) is 4.68 Å². The van der Waals surface area contributed by atoms with E-state index >= 15 is 0 Å². The Kier molecular flexibility index (Phi) is 3.37. The third-order valence-electron chi connectivity index (χ3n) is 3.10. The van der Waals surface area contributed by atoms with Gasteiger partial charge in [-0.05, 0) is 18.2 Å². The fraction of sp³-hybridized carbons (Fsp3) is 0.357. The SMILES string of the molecule is COc1ccc(-n2cccn2)cc1O[C@@H]1CCOC1. The maximum atomic E-state index is 5.94. The molecule has 0 saturated carbocycles. The lowest BCUT2D eigenvalue weighted by Crippen LogP contribution is -2.16. The minimum Gasteiger partial charge on any atom is -0.493 e. The molecule has 1 saturated heterocycles. The highest BCUT2D eigenvalue weighted by Crippen LogP contribution is 2.31. The van der Waals surface area contributed by atoms with Crippen molar-refractivity contribution in [2.75, 3.05) is 20.3 Å². The molecule has 5 heteroatoms. The van der Waals surface area contributed by atoms with Crippen molar-refractivity contribution in [1.82, 2.24) is 9.78 Å². The molecule has 1 atom stereocenters. The molecule has 1 aromatic heterocycles. The van der Waals surface area contributed by atoms with Gasteiger partial charge in [-0.15, -0.1) is 0 Å². The molecule has 0 aliphatic carbocycles. The summed E-state index contributed by atoms with van der Waals surface area (Å²) in [5.41, 5.74) is 0.944. The van der Waals surface area contributed by atoms with E-state index in [1.54, 1.807) is 18.0 Å². The van der Waals surface area contributed by atoms with Gasteiger partial charge in [0.15, 0.2) is 11.5 Å². The second kappa shape index (κ2) is 5.32. The number of methoxy groups -OCH3 is 1. The van der Waals surface area contributed by atoms with Crippen molar-refractivity contribution in [3.8, 4) is 17.2 Å². The lowest BCUT2D eigenvalue weighted by Gasteiger charge is -2.16. The van der Waals surface area contributed by atoms with Gasteiger partial charge in [-0.1, -0.05) is 0 Å². The van der Waals surface area contributed by atoms with Crippen LogP contribution in [-0.2, 0) is 4.74 Å². The lowest BCUT2D eigenvalue weighted by molar-refractivity contribution is 0.138. The van der Waals surface area contributed by atoms with Gasteiger partial charge in [0, 0.05) is 24.9 Å². The van der Waals surface area contributed by atoms with Crippen molar-refractivity contribution in [2.24, 2.45) is 0 Å². The number of hydrogen-bond acceptors (Lipinski definition) is 4. The van der Waals surface area contributed by atoms with E-state index in [-0.39, 0.29) is 6.10 Å². The third kappa shape index (κ3) is 2.56. The van der Waals surface area contributed by atoms with Crippen LogP contribution in [0.4, 0.5) is 0 Å². The number of rotatable bonds is 4. The predicted octanol–water partition coefficient (Wildman–Crippen LogP) is 2.05. The van der Waals surface area contributed by atoms with Gasteiger partial charge in [-0.3, -0.25) is 0 Å². The van der Waals surface area contributed by atoms with E-state index in [9.17, 15) is 0 Å². The minimum atomic E-state index is 0.0989. The van der Waals surface area contributed by atoms with Crippen LogP contribution in [-0.4, -0.2) is 36.2 Å². The molecular formula is C14H16N2O3. The van der Waals surface area contributed by atoms with Crippen molar-refractivity contribution < 1.29 is 14.2 Å². The normalized spacial score (nSPS) is 18.5. The van der Waals surface area contributed by atoms with Crippen LogP contribution in [0.15, 0.2) is 36.7 Å². The van der Waals surface area contributed by atoms with Gasteiger partial charge in [0.25, 0.3) is 0 Å². The van der Waals surface area contributed by atoms with Crippen LogP contribution < -0.4 is 9.47 Å². The predicted molar refractivity (Wildman–Crippen MR) is 70.0 cm³/mol. The highest BCUT2D eigenvalue weighted by atomic mass is 16.6. The third-order valence-corrected chi connectivity index (χ3v) is 3.10. The molecule has 0 amide bonds. The maximum absolute atomic E-state index is 5.94. The fourth-order valence-corrected chi connectivity index (χ4v) is 2.11. The first-order valence-corrected chi connectivity index (χ1v) is 6.29. The van der Waals surface area contributed by atoms with E-state index in [2.05, 4.69) is 5.10 Å². The summed E-state index contributed by atoms with van der Waals surface area (Å²) < 4.78 is 18.4. The monoisotopic (exact) mass is 260 g/mol. The van der Waals surface area contributed by atoms with E-state index in [4.69, 9.17) is 14.2 Å². The number of aromatic nitrogens is 2. The average Bonchev–Trinajstić information content (AvgIpc) is 3.11. The maximum Gasteiger partial charge on any atom is 0.163 e. The molecule has 1 aliphatic heterocycles. The lowest BCUT2D eigenvalue weighted by atomic mass is 10.2. The van der Waals surface area contributed by atoms with Crippen LogP contribution in [0.1, 0.15) is 6.42 Å². The summed E-state index contributed by atoms with van der Waals surface area (Å²) in [6.07, 6.45) is 4.65. The van der Waals surface area contributed by atoms with Crippen molar-refractivity contribution in [3.05, 3.63) is 36.7 Å². The molecule has 1 fully saturated rings. The number of benzene rings is 1. The Labute approximate surface area is 111 Å². The zero-order valence-electron chi connectivity index (χ0n) is 10.8.